The minimum Gasteiger partial charge on any atom is -0.507 e. The van der Waals surface area contributed by atoms with Crippen LogP contribution in [0.5, 0.6) is 17.2 Å². The van der Waals surface area contributed by atoms with E-state index in [0.717, 1.165) is 0 Å². The Kier molecular flexibility index (Phi) is 6.11. The van der Waals surface area contributed by atoms with Gasteiger partial charge in [-0.1, -0.05) is 13.8 Å². The van der Waals surface area contributed by atoms with Crippen molar-refractivity contribution in [2.45, 2.75) is 66.2 Å². The predicted molar refractivity (Wildman–Crippen MR) is 92.0 cm³/mol. The molecule has 0 saturated carbocycles. The highest BCUT2D eigenvalue weighted by atomic mass is 19.1. The van der Waals surface area contributed by atoms with Crippen LogP contribution < -0.4 is 0 Å². The van der Waals surface area contributed by atoms with E-state index in [-0.39, 0.29) is 34.6 Å². The van der Waals surface area contributed by atoms with Crippen LogP contribution in [0.15, 0.2) is 0 Å². The Morgan fingerprint density at radius 2 is 1.42 bits per heavy atom. The Morgan fingerprint density at radius 3 is 1.88 bits per heavy atom. The molecule has 0 amide bonds. The highest BCUT2D eigenvalue weighted by Crippen LogP contribution is 2.42. The zero-order chi connectivity index (χ0) is 18.9. The number of rotatable bonds is 2. The third kappa shape index (κ3) is 4.30. The first-order valence-electron chi connectivity index (χ1n) is 8.28. The van der Waals surface area contributed by atoms with Crippen LogP contribution in [0.2, 0.25) is 0 Å². The Hall–Kier alpha value is -1.53. The molecule has 0 bridgehead atoms. The number of phenols is 3. The first kappa shape index (κ1) is 20.5. The topological polar surface area (TPSA) is 73.2 Å². The third-order valence-electron chi connectivity index (χ3n) is 3.83. The Labute approximate surface area is 143 Å². The van der Waals surface area contributed by atoms with Gasteiger partial charge < -0.3 is 20.1 Å². The van der Waals surface area contributed by atoms with Crippen molar-refractivity contribution in [3.8, 4) is 17.2 Å². The first-order chi connectivity index (χ1) is 10.9. The molecular formula is C18H30FNO4. The Balaban J connectivity index is 0.00000139. The van der Waals surface area contributed by atoms with Gasteiger partial charge in [-0.25, -0.2) is 4.39 Å². The molecule has 0 atom stereocenters. The Bertz CT molecular complexity index is 554. The molecule has 0 radical (unpaired) electrons. The molecule has 6 heteroatoms. The van der Waals surface area contributed by atoms with Crippen LogP contribution in [-0.4, -0.2) is 44.5 Å². The maximum absolute atomic E-state index is 13.7. The number of hydrogen-bond donors (Lipinski definition) is 3. The minimum atomic E-state index is -0.999. The van der Waals surface area contributed by atoms with Crippen molar-refractivity contribution in [1.82, 2.24) is 4.90 Å². The zero-order valence-electron chi connectivity index (χ0n) is 15.7. The van der Waals surface area contributed by atoms with Crippen molar-refractivity contribution in [3.63, 3.8) is 0 Å². The first-order valence-corrected chi connectivity index (χ1v) is 8.28. The molecule has 24 heavy (non-hydrogen) atoms. The zero-order valence-corrected chi connectivity index (χ0v) is 15.7. The van der Waals surface area contributed by atoms with E-state index in [1.807, 2.05) is 46.4 Å². The number of morpholine rings is 1. The van der Waals surface area contributed by atoms with Gasteiger partial charge in [-0.05, 0) is 34.6 Å². The lowest BCUT2D eigenvalue weighted by atomic mass is 9.97. The number of ether oxygens (including phenoxy) is 1. The van der Waals surface area contributed by atoms with Gasteiger partial charge in [-0.2, -0.15) is 0 Å². The lowest BCUT2D eigenvalue weighted by molar-refractivity contribution is -0.182. The van der Waals surface area contributed by atoms with Crippen LogP contribution in [0, 0.1) is 12.7 Å². The minimum absolute atomic E-state index is 0.0721. The summed E-state index contributed by atoms with van der Waals surface area (Å²) >= 11 is 0. The van der Waals surface area contributed by atoms with Crippen LogP contribution in [0.25, 0.3) is 0 Å². The average Bonchev–Trinajstić information content (AvgIpc) is 2.46. The van der Waals surface area contributed by atoms with Gasteiger partial charge in [0.2, 0.25) is 0 Å². The fourth-order valence-corrected chi connectivity index (χ4v) is 3.30. The number of phenolic OH excluding ortho intramolecular Hbond substituents is 3. The van der Waals surface area contributed by atoms with Gasteiger partial charge >= 0.3 is 0 Å². The monoisotopic (exact) mass is 343 g/mol. The summed E-state index contributed by atoms with van der Waals surface area (Å²) in [6.07, 6.45) is 0. The fraction of sp³-hybridized carbons (Fsp3) is 0.667. The summed E-state index contributed by atoms with van der Waals surface area (Å²) in [7, 11) is 0. The maximum Gasteiger partial charge on any atom is 0.194 e. The van der Waals surface area contributed by atoms with Crippen molar-refractivity contribution >= 4 is 0 Å². The molecule has 0 spiro atoms. The molecule has 5 nitrogen and oxygen atoms in total. The molecule has 1 aromatic carbocycles. The summed E-state index contributed by atoms with van der Waals surface area (Å²) in [5, 5.41) is 29.7. The van der Waals surface area contributed by atoms with Crippen molar-refractivity contribution in [2.24, 2.45) is 0 Å². The van der Waals surface area contributed by atoms with Gasteiger partial charge in [0.1, 0.15) is 5.75 Å². The quantitative estimate of drug-likeness (QED) is 0.564. The fourth-order valence-electron chi connectivity index (χ4n) is 3.30. The molecule has 138 valence electrons. The summed E-state index contributed by atoms with van der Waals surface area (Å²) in [5.74, 6) is -2.75. The number of benzene rings is 1. The molecule has 2 rings (SSSR count). The van der Waals surface area contributed by atoms with Crippen LogP contribution in [0.3, 0.4) is 0 Å². The smallest absolute Gasteiger partial charge is 0.194 e. The lowest BCUT2D eigenvalue weighted by Crippen LogP contribution is -2.56. The van der Waals surface area contributed by atoms with E-state index in [1.165, 1.54) is 6.92 Å². The van der Waals surface area contributed by atoms with Crippen LogP contribution in [0.1, 0.15) is 52.7 Å². The van der Waals surface area contributed by atoms with Gasteiger partial charge in [-0.15, -0.1) is 0 Å². The number of nitrogens with zero attached hydrogens (tertiary/aromatic N) is 1. The largest absolute Gasteiger partial charge is 0.507 e. The second-order valence-electron chi connectivity index (χ2n) is 7.23. The lowest BCUT2D eigenvalue weighted by Gasteiger charge is -2.47. The molecule has 1 aliphatic rings. The summed E-state index contributed by atoms with van der Waals surface area (Å²) in [5.41, 5.74) is -0.712. The standard InChI is InChI=1S/C16H24FNO4.C2H6/c1-9-11(17)14(21)13(20)10(12(9)19)6-18-7-15(2,3)22-16(4,5)8-18;1-2/h19-21H,6-8H2,1-5H3;1-2H3. The van der Waals surface area contributed by atoms with E-state index >= 15 is 0 Å². The van der Waals surface area contributed by atoms with E-state index < -0.39 is 17.3 Å². The molecule has 1 aliphatic heterocycles. The summed E-state index contributed by atoms with van der Waals surface area (Å²) in [4.78, 5) is 2.01. The third-order valence-corrected chi connectivity index (χ3v) is 3.83. The van der Waals surface area contributed by atoms with Crippen molar-refractivity contribution in [1.29, 1.82) is 0 Å². The second-order valence-corrected chi connectivity index (χ2v) is 7.23. The van der Waals surface area contributed by atoms with E-state index in [2.05, 4.69) is 0 Å². The second kappa shape index (κ2) is 7.15. The molecule has 0 aliphatic carbocycles. The summed E-state index contributed by atoms with van der Waals surface area (Å²) in [6.45, 7) is 14.6. The Morgan fingerprint density at radius 1 is 0.958 bits per heavy atom. The summed E-state index contributed by atoms with van der Waals surface area (Å²) in [6, 6.07) is 0. The molecule has 3 N–H and O–H groups in total. The molecule has 1 saturated heterocycles. The molecule has 0 aromatic heterocycles. The summed E-state index contributed by atoms with van der Waals surface area (Å²) < 4.78 is 19.6. The highest BCUT2D eigenvalue weighted by Gasteiger charge is 2.38. The van der Waals surface area contributed by atoms with E-state index in [1.54, 1.807) is 0 Å². The highest BCUT2D eigenvalue weighted by molar-refractivity contribution is 5.56. The molecule has 0 unspecified atom stereocenters. The number of halogens is 1. The van der Waals surface area contributed by atoms with Crippen molar-refractivity contribution in [3.05, 3.63) is 16.9 Å². The normalized spacial score (nSPS) is 19.5. The van der Waals surface area contributed by atoms with Crippen LogP contribution in [0.4, 0.5) is 4.39 Å². The van der Waals surface area contributed by atoms with Crippen molar-refractivity contribution in [2.75, 3.05) is 13.1 Å². The molecule has 1 fully saturated rings. The molecule has 1 heterocycles. The van der Waals surface area contributed by atoms with E-state index in [4.69, 9.17) is 4.74 Å². The van der Waals surface area contributed by atoms with Gasteiger partial charge in [0, 0.05) is 25.2 Å². The molecular weight excluding hydrogens is 313 g/mol. The van der Waals surface area contributed by atoms with Gasteiger partial charge in [0.25, 0.3) is 0 Å². The number of hydrogen-bond acceptors (Lipinski definition) is 5. The van der Waals surface area contributed by atoms with E-state index in [0.29, 0.717) is 13.1 Å². The predicted octanol–water partition coefficient (Wildman–Crippen LogP) is 3.67. The van der Waals surface area contributed by atoms with Gasteiger partial charge in [0.15, 0.2) is 17.3 Å². The molecule has 1 aromatic rings. The van der Waals surface area contributed by atoms with Crippen LogP contribution in [-0.2, 0) is 11.3 Å². The average molecular weight is 343 g/mol. The SMILES string of the molecule is CC.Cc1c(O)c(CN2CC(C)(C)OC(C)(C)C2)c(O)c(O)c1F. The van der Waals surface area contributed by atoms with Crippen molar-refractivity contribution < 1.29 is 24.4 Å². The van der Waals surface area contributed by atoms with Gasteiger partial charge in [0.05, 0.1) is 16.8 Å². The van der Waals surface area contributed by atoms with E-state index in [9.17, 15) is 19.7 Å². The maximum atomic E-state index is 13.7. The van der Waals surface area contributed by atoms with Gasteiger partial charge in [-0.3, -0.25) is 4.90 Å². The van der Waals surface area contributed by atoms with Crippen LogP contribution >= 0.6 is 0 Å². The number of aromatic hydroxyl groups is 3.